The van der Waals surface area contributed by atoms with Gasteiger partial charge in [0.25, 0.3) is 0 Å². The van der Waals surface area contributed by atoms with Crippen LogP contribution < -0.4 is 10.6 Å². The fourth-order valence-corrected chi connectivity index (χ4v) is 3.00. The Hall–Kier alpha value is -0.830. The maximum absolute atomic E-state index is 12.2. The van der Waals surface area contributed by atoms with Gasteiger partial charge in [-0.3, -0.25) is 9.79 Å². The summed E-state index contributed by atoms with van der Waals surface area (Å²) in [7, 11) is 1.76. The zero-order valence-corrected chi connectivity index (χ0v) is 18.4. The Bertz CT molecular complexity index is 586. The molecule has 1 heterocycles. The van der Waals surface area contributed by atoms with Crippen LogP contribution in [-0.2, 0) is 4.79 Å². The third-order valence-electron chi connectivity index (χ3n) is 4.18. The Morgan fingerprint density at radius 1 is 1.38 bits per heavy atom. The van der Waals surface area contributed by atoms with E-state index in [4.69, 9.17) is 0 Å². The molecule has 1 aliphatic rings. The first kappa shape index (κ1) is 21.2. The summed E-state index contributed by atoms with van der Waals surface area (Å²) < 4.78 is 0.949. The highest BCUT2D eigenvalue weighted by Gasteiger charge is 2.19. The molecule has 0 spiro atoms. The largest absolute Gasteiger partial charge is 0.347 e. The maximum atomic E-state index is 12.2. The molecule has 5 nitrogen and oxygen atoms in total. The number of halogens is 2. The molecule has 0 atom stereocenters. The molecule has 1 saturated heterocycles. The van der Waals surface area contributed by atoms with Gasteiger partial charge in [-0.15, -0.1) is 24.0 Å². The van der Waals surface area contributed by atoms with Crippen molar-refractivity contribution in [2.75, 3.05) is 32.0 Å². The summed E-state index contributed by atoms with van der Waals surface area (Å²) >= 11 is 3.42. The molecule has 0 radical (unpaired) electrons. The summed E-state index contributed by atoms with van der Waals surface area (Å²) in [5.41, 5.74) is 1.86. The van der Waals surface area contributed by atoms with Gasteiger partial charge in [0.2, 0.25) is 5.91 Å². The summed E-state index contributed by atoms with van der Waals surface area (Å²) in [6.07, 6.45) is 2.34. The fourth-order valence-electron chi connectivity index (χ4n) is 2.64. The average molecular weight is 509 g/mol. The predicted octanol–water partition coefficient (Wildman–Crippen LogP) is 3.62. The lowest BCUT2D eigenvalue weighted by Gasteiger charge is -2.32. The molecule has 1 aromatic carbocycles. The molecular weight excluding hydrogens is 483 g/mol. The Kier molecular flexibility index (Phi) is 9.04. The molecule has 1 aromatic rings. The van der Waals surface area contributed by atoms with Crippen molar-refractivity contribution in [1.29, 1.82) is 0 Å². The van der Waals surface area contributed by atoms with Crippen molar-refractivity contribution in [2.24, 2.45) is 10.9 Å². The van der Waals surface area contributed by atoms with Gasteiger partial charge in [-0.1, -0.05) is 28.9 Å². The highest BCUT2D eigenvalue weighted by atomic mass is 127. The zero-order valence-electron chi connectivity index (χ0n) is 14.4. The quantitative estimate of drug-likeness (QED) is 0.372. The molecule has 7 heteroatoms. The third kappa shape index (κ3) is 6.23. The van der Waals surface area contributed by atoms with E-state index in [-0.39, 0.29) is 36.4 Å². The van der Waals surface area contributed by atoms with Gasteiger partial charge >= 0.3 is 0 Å². The molecule has 0 bridgehead atoms. The number of anilines is 1. The lowest BCUT2D eigenvalue weighted by molar-refractivity contribution is -0.115. The summed E-state index contributed by atoms with van der Waals surface area (Å²) in [6, 6.07) is 5.84. The number of hydrogen-bond donors (Lipinski definition) is 2. The van der Waals surface area contributed by atoms with Gasteiger partial charge < -0.3 is 15.5 Å². The Morgan fingerprint density at radius 3 is 2.67 bits per heavy atom. The van der Waals surface area contributed by atoms with Gasteiger partial charge in [-0.2, -0.15) is 0 Å². The molecule has 0 saturated carbocycles. The van der Waals surface area contributed by atoms with Gasteiger partial charge in [-0.25, -0.2) is 0 Å². The van der Waals surface area contributed by atoms with E-state index in [0.29, 0.717) is 0 Å². The topological polar surface area (TPSA) is 56.7 Å². The standard InChI is InChI=1S/C17H25BrN4O.HI/c1-12-6-8-22(9-7-12)17(19-3)20-11-16(23)21-15-10-14(18)5-4-13(15)2;/h4-5,10,12H,6-9,11H2,1-3H3,(H,19,20)(H,21,23);1H. The molecule has 24 heavy (non-hydrogen) atoms. The third-order valence-corrected chi connectivity index (χ3v) is 4.67. The number of carbonyl (C=O) groups is 1. The van der Waals surface area contributed by atoms with Crippen molar-refractivity contribution in [2.45, 2.75) is 26.7 Å². The second-order valence-electron chi connectivity index (χ2n) is 6.08. The van der Waals surface area contributed by atoms with Crippen molar-refractivity contribution >= 4 is 57.5 Å². The van der Waals surface area contributed by atoms with E-state index >= 15 is 0 Å². The number of likely N-dealkylation sites (tertiary alicyclic amines) is 1. The minimum atomic E-state index is -0.0715. The number of nitrogens with zero attached hydrogens (tertiary/aromatic N) is 2. The Labute approximate surface area is 169 Å². The van der Waals surface area contributed by atoms with E-state index in [1.54, 1.807) is 7.05 Å². The first-order chi connectivity index (χ1) is 11.0. The lowest BCUT2D eigenvalue weighted by Crippen LogP contribution is -2.47. The van der Waals surface area contributed by atoms with E-state index < -0.39 is 0 Å². The van der Waals surface area contributed by atoms with Gasteiger partial charge in [0, 0.05) is 30.3 Å². The van der Waals surface area contributed by atoms with Crippen LogP contribution in [0.5, 0.6) is 0 Å². The molecule has 2 N–H and O–H groups in total. The van der Waals surface area contributed by atoms with Gasteiger partial charge in [0.05, 0.1) is 6.54 Å². The fraction of sp³-hybridized carbons (Fsp3) is 0.529. The van der Waals surface area contributed by atoms with Crippen LogP contribution in [0.3, 0.4) is 0 Å². The van der Waals surface area contributed by atoms with Crippen LogP contribution in [0.1, 0.15) is 25.3 Å². The number of rotatable bonds is 3. The van der Waals surface area contributed by atoms with E-state index in [1.807, 2.05) is 25.1 Å². The van der Waals surface area contributed by atoms with E-state index in [1.165, 1.54) is 12.8 Å². The van der Waals surface area contributed by atoms with Crippen molar-refractivity contribution in [1.82, 2.24) is 10.2 Å². The van der Waals surface area contributed by atoms with Crippen LogP contribution in [0.4, 0.5) is 5.69 Å². The number of carbonyl (C=O) groups excluding carboxylic acids is 1. The molecule has 1 amide bonds. The highest BCUT2D eigenvalue weighted by molar-refractivity contribution is 14.0. The molecule has 0 aliphatic carbocycles. The Morgan fingerprint density at radius 2 is 2.04 bits per heavy atom. The lowest BCUT2D eigenvalue weighted by atomic mass is 10.00. The molecule has 1 aliphatic heterocycles. The number of guanidine groups is 1. The van der Waals surface area contributed by atoms with E-state index in [9.17, 15) is 4.79 Å². The number of hydrogen-bond acceptors (Lipinski definition) is 2. The second kappa shape index (κ2) is 10.2. The molecule has 0 unspecified atom stereocenters. The first-order valence-corrected chi connectivity index (χ1v) is 8.80. The van der Waals surface area contributed by atoms with Crippen LogP contribution in [0.2, 0.25) is 0 Å². The van der Waals surface area contributed by atoms with Gasteiger partial charge in [0.1, 0.15) is 0 Å². The molecule has 1 fully saturated rings. The molecular formula is C17H26BrIN4O. The minimum absolute atomic E-state index is 0. The minimum Gasteiger partial charge on any atom is -0.347 e. The highest BCUT2D eigenvalue weighted by Crippen LogP contribution is 2.20. The molecule has 2 rings (SSSR count). The van der Waals surface area contributed by atoms with Crippen molar-refractivity contribution < 1.29 is 4.79 Å². The smallest absolute Gasteiger partial charge is 0.243 e. The summed E-state index contributed by atoms with van der Waals surface area (Å²) in [5.74, 6) is 1.50. The van der Waals surface area contributed by atoms with E-state index in [2.05, 4.69) is 43.4 Å². The van der Waals surface area contributed by atoms with Crippen LogP contribution in [0.15, 0.2) is 27.7 Å². The SMILES string of the molecule is CN=C(NCC(=O)Nc1cc(Br)ccc1C)N1CCC(C)CC1.I. The number of nitrogens with one attached hydrogen (secondary N) is 2. The van der Waals surface area contributed by atoms with Crippen molar-refractivity contribution in [3.63, 3.8) is 0 Å². The summed E-state index contributed by atoms with van der Waals surface area (Å²) in [6.45, 7) is 6.45. The van der Waals surface area contributed by atoms with Crippen molar-refractivity contribution in [3.05, 3.63) is 28.2 Å². The van der Waals surface area contributed by atoms with Crippen LogP contribution in [0.25, 0.3) is 0 Å². The van der Waals surface area contributed by atoms with E-state index in [0.717, 1.165) is 40.7 Å². The number of benzene rings is 1. The normalized spacial score (nSPS) is 15.7. The van der Waals surface area contributed by atoms with Crippen LogP contribution in [-0.4, -0.2) is 43.4 Å². The summed E-state index contributed by atoms with van der Waals surface area (Å²) in [4.78, 5) is 18.7. The number of aliphatic imine (C=N–C) groups is 1. The second-order valence-corrected chi connectivity index (χ2v) is 6.99. The maximum Gasteiger partial charge on any atom is 0.243 e. The van der Waals surface area contributed by atoms with Crippen LogP contribution in [0, 0.1) is 12.8 Å². The zero-order chi connectivity index (χ0) is 16.8. The molecule has 134 valence electrons. The number of piperidine rings is 1. The monoisotopic (exact) mass is 508 g/mol. The predicted molar refractivity (Wildman–Crippen MR) is 114 cm³/mol. The first-order valence-electron chi connectivity index (χ1n) is 8.01. The van der Waals surface area contributed by atoms with Crippen LogP contribution >= 0.6 is 39.9 Å². The summed E-state index contributed by atoms with van der Waals surface area (Å²) in [5, 5.41) is 6.10. The molecule has 0 aromatic heterocycles. The van der Waals surface area contributed by atoms with Gasteiger partial charge in [0.15, 0.2) is 5.96 Å². The average Bonchev–Trinajstić information content (AvgIpc) is 2.53. The van der Waals surface area contributed by atoms with Crippen molar-refractivity contribution in [3.8, 4) is 0 Å². The number of aryl methyl sites for hydroxylation is 1. The number of amides is 1. The Balaban J connectivity index is 0.00000288. The van der Waals surface area contributed by atoms with Gasteiger partial charge in [-0.05, 0) is 43.4 Å².